The Labute approximate surface area is 112 Å². The minimum Gasteiger partial charge on any atom is -0.398 e. The predicted molar refractivity (Wildman–Crippen MR) is 78.0 cm³/mol. The van der Waals surface area contributed by atoms with Crippen LogP contribution in [-0.4, -0.2) is 22.7 Å². The summed E-state index contributed by atoms with van der Waals surface area (Å²) in [5, 5.41) is 15.3. The molecule has 3 rings (SSSR count). The number of anilines is 2. The topological polar surface area (TPSA) is 71.2 Å². The van der Waals surface area contributed by atoms with Crippen LogP contribution in [0.3, 0.4) is 0 Å². The fraction of sp³-hybridized carbons (Fsp3) is 0.400. The van der Waals surface area contributed by atoms with Gasteiger partial charge in [0.15, 0.2) is 0 Å². The van der Waals surface area contributed by atoms with Gasteiger partial charge in [0.05, 0.1) is 6.10 Å². The van der Waals surface area contributed by atoms with Gasteiger partial charge in [0.25, 0.3) is 0 Å². The van der Waals surface area contributed by atoms with Crippen LogP contribution in [0.5, 0.6) is 0 Å². The molecule has 1 aromatic carbocycles. The smallest absolute Gasteiger partial charge is 0.0585 e. The number of nitrogens with zero attached hydrogens (tertiary/aromatic N) is 1. The lowest BCUT2D eigenvalue weighted by atomic mass is 10.1. The number of benzene rings is 1. The summed E-state index contributed by atoms with van der Waals surface area (Å²) >= 11 is 0. The summed E-state index contributed by atoms with van der Waals surface area (Å²) in [6, 6.07) is 5.83. The first kappa shape index (κ1) is 12.2. The highest BCUT2D eigenvalue weighted by Gasteiger charge is 2.24. The van der Waals surface area contributed by atoms with E-state index < -0.39 is 0 Å². The predicted octanol–water partition coefficient (Wildman–Crippen LogP) is 2.39. The summed E-state index contributed by atoms with van der Waals surface area (Å²) in [6.45, 7) is 0.801. The van der Waals surface area contributed by atoms with Gasteiger partial charge in [-0.2, -0.15) is 0 Å². The van der Waals surface area contributed by atoms with Gasteiger partial charge in [0.1, 0.15) is 0 Å². The van der Waals surface area contributed by atoms with Gasteiger partial charge in [-0.05, 0) is 31.0 Å². The summed E-state index contributed by atoms with van der Waals surface area (Å²) in [4.78, 5) is 4.16. The van der Waals surface area contributed by atoms with Gasteiger partial charge in [-0.1, -0.05) is 6.42 Å². The highest BCUT2D eigenvalue weighted by molar-refractivity contribution is 6.00. The quantitative estimate of drug-likeness (QED) is 0.738. The molecule has 0 aliphatic heterocycles. The molecule has 1 aliphatic rings. The van der Waals surface area contributed by atoms with Crippen LogP contribution in [0.25, 0.3) is 10.8 Å². The summed E-state index contributed by atoms with van der Waals surface area (Å²) in [5.41, 5.74) is 7.78. The highest BCUT2D eigenvalue weighted by atomic mass is 16.3. The standard InChI is InChI=1S/C15H19N3O/c16-13-4-5-14(12-9-17-7-6-11(12)13)18-8-10-2-1-3-15(10)19/h4-7,9-10,15,18-19H,1-3,8,16H2. The first-order chi connectivity index (χ1) is 9.25. The molecule has 1 saturated carbocycles. The Morgan fingerprint density at radius 3 is 2.95 bits per heavy atom. The SMILES string of the molecule is Nc1ccc(NCC2CCCC2O)c2cnccc12. The molecule has 100 valence electrons. The molecule has 2 atom stereocenters. The molecule has 19 heavy (non-hydrogen) atoms. The highest BCUT2D eigenvalue weighted by Crippen LogP contribution is 2.29. The lowest BCUT2D eigenvalue weighted by Crippen LogP contribution is -2.22. The van der Waals surface area contributed by atoms with Crippen molar-refractivity contribution in [3.05, 3.63) is 30.6 Å². The Balaban J connectivity index is 1.83. The van der Waals surface area contributed by atoms with Gasteiger partial charge < -0.3 is 16.2 Å². The molecule has 1 aliphatic carbocycles. The number of nitrogens with two attached hydrogens (primary N) is 1. The number of aromatic nitrogens is 1. The number of nitrogen functional groups attached to an aromatic ring is 1. The maximum Gasteiger partial charge on any atom is 0.0585 e. The van der Waals surface area contributed by atoms with Crippen molar-refractivity contribution >= 4 is 22.1 Å². The number of pyridine rings is 1. The molecule has 1 aromatic heterocycles. The fourth-order valence-electron chi connectivity index (χ4n) is 2.86. The van der Waals surface area contributed by atoms with Crippen molar-refractivity contribution in [2.75, 3.05) is 17.6 Å². The number of aliphatic hydroxyl groups is 1. The van der Waals surface area contributed by atoms with E-state index in [0.717, 1.165) is 48.0 Å². The Bertz CT molecular complexity index is 585. The first-order valence-electron chi connectivity index (χ1n) is 6.80. The van der Waals surface area contributed by atoms with Crippen LogP contribution < -0.4 is 11.1 Å². The van der Waals surface area contributed by atoms with E-state index in [1.165, 1.54) is 0 Å². The maximum atomic E-state index is 9.85. The van der Waals surface area contributed by atoms with Gasteiger partial charge in [-0.25, -0.2) is 0 Å². The molecule has 2 unspecified atom stereocenters. The average molecular weight is 257 g/mol. The fourth-order valence-corrected chi connectivity index (χ4v) is 2.86. The molecule has 1 fully saturated rings. The first-order valence-corrected chi connectivity index (χ1v) is 6.80. The Morgan fingerprint density at radius 1 is 1.26 bits per heavy atom. The summed E-state index contributed by atoms with van der Waals surface area (Å²) in [7, 11) is 0. The lowest BCUT2D eigenvalue weighted by Gasteiger charge is -2.17. The van der Waals surface area contributed by atoms with Crippen molar-refractivity contribution in [2.24, 2.45) is 5.92 Å². The minimum atomic E-state index is -0.161. The molecule has 0 spiro atoms. The van der Waals surface area contributed by atoms with Crippen LogP contribution in [0.1, 0.15) is 19.3 Å². The second-order valence-corrected chi connectivity index (χ2v) is 5.26. The van der Waals surface area contributed by atoms with Gasteiger partial charge in [0, 0.05) is 47.0 Å². The maximum absolute atomic E-state index is 9.85. The van der Waals surface area contributed by atoms with Crippen molar-refractivity contribution in [1.29, 1.82) is 0 Å². The summed E-state index contributed by atoms with van der Waals surface area (Å²) < 4.78 is 0. The van der Waals surface area contributed by atoms with E-state index >= 15 is 0 Å². The number of hydrogen-bond donors (Lipinski definition) is 3. The largest absolute Gasteiger partial charge is 0.398 e. The second-order valence-electron chi connectivity index (χ2n) is 5.26. The average Bonchev–Trinajstić information content (AvgIpc) is 2.84. The molecule has 4 heteroatoms. The molecule has 0 radical (unpaired) electrons. The third kappa shape index (κ3) is 2.36. The van der Waals surface area contributed by atoms with Crippen molar-refractivity contribution in [2.45, 2.75) is 25.4 Å². The molecule has 4 N–H and O–H groups in total. The van der Waals surface area contributed by atoms with Crippen molar-refractivity contribution in [1.82, 2.24) is 4.98 Å². The van der Waals surface area contributed by atoms with Crippen LogP contribution in [0, 0.1) is 5.92 Å². The van der Waals surface area contributed by atoms with E-state index in [4.69, 9.17) is 5.73 Å². The third-order valence-electron chi connectivity index (χ3n) is 4.03. The number of hydrogen-bond acceptors (Lipinski definition) is 4. The monoisotopic (exact) mass is 257 g/mol. The van der Waals surface area contributed by atoms with E-state index in [2.05, 4.69) is 10.3 Å². The van der Waals surface area contributed by atoms with E-state index in [1.807, 2.05) is 24.4 Å². The molecular formula is C15H19N3O. The zero-order valence-corrected chi connectivity index (χ0v) is 10.8. The molecule has 1 heterocycles. The lowest BCUT2D eigenvalue weighted by molar-refractivity contribution is 0.138. The Morgan fingerprint density at radius 2 is 2.16 bits per heavy atom. The van der Waals surface area contributed by atoms with Crippen molar-refractivity contribution in [3.8, 4) is 0 Å². The zero-order chi connectivity index (χ0) is 13.2. The zero-order valence-electron chi connectivity index (χ0n) is 10.8. The van der Waals surface area contributed by atoms with Gasteiger partial charge in [0.2, 0.25) is 0 Å². The van der Waals surface area contributed by atoms with Gasteiger partial charge >= 0.3 is 0 Å². The number of nitrogens with one attached hydrogen (secondary N) is 1. The molecule has 4 nitrogen and oxygen atoms in total. The van der Waals surface area contributed by atoms with Crippen LogP contribution >= 0.6 is 0 Å². The van der Waals surface area contributed by atoms with E-state index in [1.54, 1.807) is 6.20 Å². The van der Waals surface area contributed by atoms with Crippen LogP contribution in [0.4, 0.5) is 11.4 Å². The molecular weight excluding hydrogens is 238 g/mol. The van der Waals surface area contributed by atoms with E-state index in [-0.39, 0.29) is 6.10 Å². The molecule has 2 aromatic rings. The molecule has 0 saturated heterocycles. The third-order valence-corrected chi connectivity index (χ3v) is 4.03. The van der Waals surface area contributed by atoms with Crippen LogP contribution in [-0.2, 0) is 0 Å². The van der Waals surface area contributed by atoms with Crippen LogP contribution in [0.15, 0.2) is 30.6 Å². The van der Waals surface area contributed by atoms with E-state index in [9.17, 15) is 5.11 Å². The molecule has 0 bridgehead atoms. The van der Waals surface area contributed by atoms with Crippen molar-refractivity contribution in [3.63, 3.8) is 0 Å². The Hall–Kier alpha value is -1.81. The van der Waals surface area contributed by atoms with Crippen LogP contribution in [0.2, 0.25) is 0 Å². The second kappa shape index (κ2) is 5.05. The molecule has 0 amide bonds. The normalized spacial score (nSPS) is 22.8. The van der Waals surface area contributed by atoms with E-state index in [0.29, 0.717) is 5.92 Å². The van der Waals surface area contributed by atoms with Crippen molar-refractivity contribution < 1.29 is 5.11 Å². The minimum absolute atomic E-state index is 0.161. The number of fused-ring (bicyclic) bond motifs is 1. The number of rotatable bonds is 3. The summed E-state index contributed by atoms with van der Waals surface area (Å²) in [5.74, 6) is 0.351. The van der Waals surface area contributed by atoms with Gasteiger partial charge in [-0.15, -0.1) is 0 Å². The van der Waals surface area contributed by atoms with Gasteiger partial charge in [-0.3, -0.25) is 4.98 Å². The summed E-state index contributed by atoms with van der Waals surface area (Å²) in [6.07, 6.45) is 6.57. The Kier molecular flexibility index (Phi) is 3.25. The number of aliphatic hydroxyl groups excluding tert-OH is 1.